The van der Waals surface area contributed by atoms with Crippen molar-refractivity contribution in [2.24, 2.45) is 0 Å². The highest BCUT2D eigenvalue weighted by Crippen LogP contribution is 2.43. The van der Waals surface area contributed by atoms with Gasteiger partial charge in [0, 0.05) is 24.0 Å². The molecule has 29 heavy (non-hydrogen) atoms. The summed E-state index contributed by atoms with van der Waals surface area (Å²) >= 11 is 0. The highest BCUT2D eigenvalue weighted by molar-refractivity contribution is 6.09. The predicted octanol–water partition coefficient (Wildman–Crippen LogP) is 5.57. The molecular formula is C25H29N3O. The van der Waals surface area contributed by atoms with Gasteiger partial charge in [0.05, 0.1) is 0 Å². The van der Waals surface area contributed by atoms with E-state index in [0.717, 1.165) is 23.1 Å². The van der Waals surface area contributed by atoms with Gasteiger partial charge in [0.2, 0.25) is 0 Å². The van der Waals surface area contributed by atoms with Crippen LogP contribution in [0.15, 0.2) is 42.0 Å². The summed E-state index contributed by atoms with van der Waals surface area (Å²) in [5.41, 5.74) is 6.46. The summed E-state index contributed by atoms with van der Waals surface area (Å²) in [4.78, 5) is 15.0. The van der Waals surface area contributed by atoms with Crippen molar-refractivity contribution in [3.8, 4) is 6.07 Å². The van der Waals surface area contributed by atoms with Gasteiger partial charge < -0.3 is 10.2 Å². The normalized spacial score (nSPS) is 18.0. The van der Waals surface area contributed by atoms with Gasteiger partial charge in [-0.15, -0.1) is 0 Å². The van der Waals surface area contributed by atoms with Crippen molar-refractivity contribution in [3.63, 3.8) is 0 Å². The van der Waals surface area contributed by atoms with Crippen LogP contribution in [0, 0.1) is 25.2 Å². The molecule has 4 heteroatoms. The van der Waals surface area contributed by atoms with E-state index in [1.165, 1.54) is 11.3 Å². The number of nitriles is 1. The Morgan fingerprint density at radius 3 is 2.52 bits per heavy atom. The second-order valence-corrected chi connectivity index (χ2v) is 8.73. The first-order valence-corrected chi connectivity index (χ1v) is 10.0. The van der Waals surface area contributed by atoms with Crippen molar-refractivity contribution in [2.75, 3.05) is 17.3 Å². The number of amides is 1. The molecule has 0 radical (unpaired) electrons. The van der Waals surface area contributed by atoms with Gasteiger partial charge in [0.25, 0.3) is 5.91 Å². The summed E-state index contributed by atoms with van der Waals surface area (Å²) in [7, 11) is 2.13. The van der Waals surface area contributed by atoms with Gasteiger partial charge in [-0.1, -0.05) is 24.6 Å². The lowest BCUT2D eigenvalue weighted by molar-refractivity contribution is -0.112. The summed E-state index contributed by atoms with van der Waals surface area (Å²) in [5.74, 6) is 0.0237. The molecule has 1 atom stereocenters. The minimum absolute atomic E-state index is 0.0992. The van der Waals surface area contributed by atoms with Crippen LogP contribution in [0.5, 0.6) is 0 Å². The van der Waals surface area contributed by atoms with Gasteiger partial charge in [-0.25, -0.2) is 0 Å². The maximum absolute atomic E-state index is 12.6. The van der Waals surface area contributed by atoms with Crippen molar-refractivity contribution < 1.29 is 4.79 Å². The van der Waals surface area contributed by atoms with Crippen molar-refractivity contribution >= 4 is 23.4 Å². The van der Waals surface area contributed by atoms with Crippen LogP contribution in [0.2, 0.25) is 0 Å². The van der Waals surface area contributed by atoms with E-state index in [2.05, 4.69) is 56.2 Å². The number of carbonyl (C=O) groups excluding carboxylic acids is 1. The van der Waals surface area contributed by atoms with Crippen LogP contribution >= 0.6 is 0 Å². The Labute approximate surface area is 173 Å². The second-order valence-electron chi connectivity index (χ2n) is 8.73. The van der Waals surface area contributed by atoms with Crippen LogP contribution in [0.25, 0.3) is 6.08 Å². The number of anilines is 2. The molecule has 1 unspecified atom stereocenters. The largest absolute Gasteiger partial charge is 0.369 e. The molecule has 1 aliphatic rings. The Morgan fingerprint density at radius 1 is 1.24 bits per heavy atom. The van der Waals surface area contributed by atoms with E-state index in [4.69, 9.17) is 0 Å². The second kappa shape index (κ2) is 7.75. The molecule has 0 saturated carbocycles. The van der Waals surface area contributed by atoms with Crippen molar-refractivity contribution in [2.45, 2.75) is 52.5 Å². The number of hydrogen-bond donors (Lipinski definition) is 1. The monoisotopic (exact) mass is 387 g/mol. The van der Waals surface area contributed by atoms with Crippen LogP contribution in [0.1, 0.15) is 55.4 Å². The molecule has 1 heterocycles. The lowest BCUT2D eigenvalue weighted by atomic mass is 9.79. The molecule has 1 aliphatic heterocycles. The van der Waals surface area contributed by atoms with Crippen LogP contribution in [0.3, 0.4) is 0 Å². The first kappa shape index (κ1) is 20.7. The zero-order valence-corrected chi connectivity index (χ0v) is 18.1. The summed E-state index contributed by atoms with van der Waals surface area (Å²) in [6.45, 7) is 10.8. The zero-order valence-electron chi connectivity index (χ0n) is 18.1. The van der Waals surface area contributed by atoms with Gasteiger partial charge in [-0.2, -0.15) is 5.26 Å². The molecule has 0 bridgehead atoms. The molecule has 3 rings (SSSR count). The molecule has 0 aromatic heterocycles. The lowest BCUT2D eigenvalue weighted by Crippen LogP contribution is -2.45. The predicted molar refractivity (Wildman–Crippen MR) is 120 cm³/mol. The fraction of sp³-hybridized carbons (Fsp3) is 0.360. The molecule has 0 saturated heterocycles. The number of carbonyl (C=O) groups is 1. The quantitative estimate of drug-likeness (QED) is 0.553. The third-order valence-electron chi connectivity index (χ3n) is 6.00. The minimum Gasteiger partial charge on any atom is -0.369 e. The number of fused-ring (bicyclic) bond motifs is 1. The smallest absolute Gasteiger partial charge is 0.266 e. The summed E-state index contributed by atoms with van der Waals surface area (Å²) in [6, 6.07) is 13.9. The zero-order chi connectivity index (χ0) is 21.3. The first-order chi connectivity index (χ1) is 13.6. The van der Waals surface area contributed by atoms with Crippen molar-refractivity contribution in [1.29, 1.82) is 5.26 Å². The molecule has 2 aromatic carbocycles. The Bertz CT molecular complexity index is 1010. The number of nitrogens with zero attached hydrogens (tertiary/aromatic N) is 2. The van der Waals surface area contributed by atoms with Gasteiger partial charge in [-0.05, 0) is 87.1 Å². The standard InChI is InChI=1S/C25H29N3O/c1-16-7-9-21(10-8-16)27-24(29)20(15-26)12-19-13-22-18(3)14-25(4,5)28(6)23(22)11-17(19)2/h7-13,18H,14H2,1-6H3,(H,27,29)/b20-12-. The van der Waals surface area contributed by atoms with E-state index >= 15 is 0 Å². The highest BCUT2D eigenvalue weighted by atomic mass is 16.1. The van der Waals surface area contributed by atoms with E-state index in [9.17, 15) is 10.1 Å². The maximum Gasteiger partial charge on any atom is 0.266 e. The van der Waals surface area contributed by atoms with Crippen molar-refractivity contribution in [1.82, 2.24) is 0 Å². The molecule has 4 nitrogen and oxygen atoms in total. The van der Waals surface area contributed by atoms with Gasteiger partial charge in [-0.3, -0.25) is 4.79 Å². The Hall–Kier alpha value is -3.06. The summed E-state index contributed by atoms with van der Waals surface area (Å²) in [6.07, 6.45) is 2.76. The topological polar surface area (TPSA) is 56.1 Å². The molecule has 0 aliphatic carbocycles. The van der Waals surface area contributed by atoms with Crippen molar-refractivity contribution in [3.05, 3.63) is 64.2 Å². The van der Waals surface area contributed by atoms with Crippen LogP contribution < -0.4 is 10.2 Å². The van der Waals surface area contributed by atoms with Crippen LogP contribution in [-0.4, -0.2) is 18.5 Å². The van der Waals surface area contributed by atoms with Gasteiger partial charge >= 0.3 is 0 Å². The molecular weight excluding hydrogens is 358 g/mol. The Morgan fingerprint density at radius 2 is 1.90 bits per heavy atom. The van der Waals surface area contributed by atoms with Crippen LogP contribution in [-0.2, 0) is 4.79 Å². The van der Waals surface area contributed by atoms with E-state index in [1.54, 1.807) is 6.08 Å². The van der Waals surface area contributed by atoms with E-state index < -0.39 is 0 Å². The molecule has 2 aromatic rings. The van der Waals surface area contributed by atoms with E-state index in [1.807, 2.05) is 38.1 Å². The molecule has 150 valence electrons. The summed E-state index contributed by atoms with van der Waals surface area (Å²) in [5, 5.41) is 12.4. The Balaban J connectivity index is 1.94. The first-order valence-electron chi connectivity index (χ1n) is 10.0. The van der Waals surface area contributed by atoms with Crippen LogP contribution in [0.4, 0.5) is 11.4 Å². The third-order valence-corrected chi connectivity index (χ3v) is 6.00. The fourth-order valence-corrected chi connectivity index (χ4v) is 4.03. The van der Waals surface area contributed by atoms with Gasteiger partial charge in [0.15, 0.2) is 0 Å². The molecule has 0 fully saturated rings. The summed E-state index contributed by atoms with van der Waals surface area (Å²) < 4.78 is 0. The molecule has 0 spiro atoms. The highest BCUT2D eigenvalue weighted by Gasteiger charge is 2.34. The third kappa shape index (κ3) is 4.19. The molecule has 1 amide bonds. The maximum atomic E-state index is 12.6. The van der Waals surface area contributed by atoms with E-state index in [0.29, 0.717) is 11.6 Å². The average Bonchev–Trinajstić information content (AvgIpc) is 2.66. The minimum atomic E-state index is -0.389. The number of aryl methyl sites for hydroxylation is 2. The number of rotatable bonds is 3. The average molecular weight is 388 g/mol. The number of benzene rings is 2. The number of nitrogens with one attached hydrogen (secondary N) is 1. The SMILES string of the molecule is Cc1ccc(NC(=O)/C(C#N)=C\c2cc3c(cc2C)N(C)C(C)(C)CC3C)cc1. The fourth-order valence-electron chi connectivity index (χ4n) is 4.03. The Kier molecular flexibility index (Phi) is 5.53. The number of hydrogen-bond acceptors (Lipinski definition) is 3. The lowest BCUT2D eigenvalue weighted by Gasteiger charge is -2.45. The molecule has 1 N–H and O–H groups in total. The van der Waals surface area contributed by atoms with E-state index in [-0.39, 0.29) is 17.0 Å². The van der Waals surface area contributed by atoms with Gasteiger partial charge in [0.1, 0.15) is 11.6 Å².